The van der Waals surface area contributed by atoms with Crippen LogP contribution in [0.25, 0.3) is 0 Å². The minimum atomic E-state index is -0.340. The van der Waals surface area contributed by atoms with Gasteiger partial charge in [0.2, 0.25) is 17.7 Å². The molecule has 0 spiro atoms. The third kappa shape index (κ3) is 2.83. The summed E-state index contributed by atoms with van der Waals surface area (Å²) in [6, 6.07) is 5.48. The van der Waals surface area contributed by atoms with E-state index in [1.54, 1.807) is 7.11 Å². The minimum Gasteiger partial charge on any atom is -0.496 e. The Balaban J connectivity index is 1.44. The highest BCUT2D eigenvalue weighted by molar-refractivity contribution is 6.08. The number of methoxy groups -OCH3 is 1. The summed E-state index contributed by atoms with van der Waals surface area (Å²) in [5, 5.41) is 2.89. The molecule has 2 fully saturated rings. The Morgan fingerprint density at radius 3 is 2.44 bits per heavy atom. The standard InChI is InChI=1S/C21H24N2O4/c1-11-4-7-16(27-3)15(8-11)12(2)22-17(24)10-23-20(25)18-13-5-6-14(9-13)19(18)21(23)26/h4-8,12-14,18-19H,9-10H2,1-3H3,(H,22,24). The molecule has 1 aromatic carbocycles. The second-order valence-corrected chi connectivity index (χ2v) is 7.80. The van der Waals surface area contributed by atoms with Gasteiger partial charge in [0.1, 0.15) is 12.3 Å². The highest BCUT2D eigenvalue weighted by atomic mass is 16.5. The highest BCUT2D eigenvalue weighted by Crippen LogP contribution is 2.52. The molecule has 0 aromatic heterocycles. The number of imide groups is 1. The normalized spacial score (nSPS) is 29.2. The number of carbonyl (C=O) groups is 3. The summed E-state index contributed by atoms with van der Waals surface area (Å²) in [5.41, 5.74) is 1.93. The zero-order chi connectivity index (χ0) is 19.3. The van der Waals surface area contributed by atoms with Crippen molar-refractivity contribution in [2.45, 2.75) is 26.3 Å². The summed E-state index contributed by atoms with van der Waals surface area (Å²) in [7, 11) is 1.59. The van der Waals surface area contributed by atoms with Crippen LogP contribution in [-0.2, 0) is 14.4 Å². The third-order valence-electron chi connectivity index (χ3n) is 6.09. The van der Waals surface area contributed by atoms with Gasteiger partial charge in [-0.05, 0) is 38.2 Å². The van der Waals surface area contributed by atoms with E-state index in [1.807, 2.05) is 44.2 Å². The van der Waals surface area contributed by atoms with E-state index in [0.717, 1.165) is 22.4 Å². The summed E-state index contributed by atoms with van der Waals surface area (Å²) in [5.74, 6) is -0.272. The van der Waals surface area contributed by atoms with Gasteiger partial charge < -0.3 is 10.1 Å². The molecule has 5 unspecified atom stereocenters. The lowest BCUT2D eigenvalue weighted by Gasteiger charge is -2.21. The number of aryl methyl sites for hydroxylation is 1. The number of allylic oxidation sites excluding steroid dienone is 2. The Morgan fingerprint density at radius 2 is 1.85 bits per heavy atom. The number of carbonyl (C=O) groups excluding carboxylic acids is 3. The molecule has 6 nitrogen and oxygen atoms in total. The van der Waals surface area contributed by atoms with Crippen LogP contribution in [0.4, 0.5) is 0 Å². The second kappa shape index (κ2) is 6.51. The van der Waals surface area contributed by atoms with E-state index in [9.17, 15) is 14.4 Å². The molecule has 3 aliphatic rings. The highest BCUT2D eigenvalue weighted by Gasteiger charge is 2.59. The quantitative estimate of drug-likeness (QED) is 0.637. The SMILES string of the molecule is COc1ccc(C)cc1C(C)NC(=O)CN1C(=O)C2C3C=CC(C3)C2C1=O. The first-order valence-electron chi connectivity index (χ1n) is 9.38. The van der Waals surface area contributed by atoms with Crippen molar-refractivity contribution in [1.82, 2.24) is 10.2 Å². The number of amides is 3. The van der Waals surface area contributed by atoms with Crippen molar-refractivity contribution < 1.29 is 19.1 Å². The lowest BCUT2D eigenvalue weighted by molar-refractivity contribution is -0.144. The molecule has 27 heavy (non-hydrogen) atoms. The number of fused-ring (bicyclic) bond motifs is 5. The number of hydrogen-bond donors (Lipinski definition) is 1. The van der Waals surface area contributed by atoms with Gasteiger partial charge in [-0.15, -0.1) is 0 Å². The van der Waals surface area contributed by atoms with Crippen LogP contribution in [0.2, 0.25) is 0 Å². The van der Waals surface area contributed by atoms with Crippen LogP contribution in [0, 0.1) is 30.6 Å². The molecule has 1 N–H and O–H groups in total. The number of likely N-dealkylation sites (tertiary alicyclic amines) is 1. The van der Waals surface area contributed by atoms with E-state index < -0.39 is 0 Å². The predicted octanol–water partition coefficient (Wildman–Crippen LogP) is 1.99. The smallest absolute Gasteiger partial charge is 0.240 e. The fourth-order valence-electron chi connectivity index (χ4n) is 4.82. The van der Waals surface area contributed by atoms with E-state index in [2.05, 4.69) is 5.32 Å². The maximum atomic E-state index is 12.7. The minimum absolute atomic E-state index is 0.153. The van der Waals surface area contributed by atoms with Crippen molar-refractivity contribution in [2.75, 3.05) is 13.7 Å². The van der Waals surface area contributed by atoms with Crippen LogP contribution >= 0.6 is 0 Å². The molecule has 142 valence electrons. The fraction of sp³-hybridized carbons (Fsp3) is 0.476. The van der Waals surface area contributed by atoms with Gasteiger partial charge in [0.05, 0.1) is 25.0 Å². The Morgan fingerprint density at radius 1 is 1.22 bits per heavy atom. The molecular weight excluding hydrogens is 344 g/mol. The fourth-order valence-corrected chi connectivity index (χ4v) is 4.82. The number of nitrogens with one attached hydrogen (secondary N) is 1. The van der Waals surface area contributed by atoms with Gasteiger partial charge in [-0.25, -0.2) is 0 Å². The van der Waals surface area contributed by atoms with Crippen molar-refractivity contribution in [3.05, 3.63) is 41.5 Å². The molecule has 2 aliphatic carbocycles. The second-order valence-electron chi connectivity index (χ2n) is 7.80. The first-order chi connectivity index (χ1) is 12.9. The van der Waals surface area contributed by atoms with Gasteiger partial charge in [0.25, 0.3) is 0 Å². The van der Waals surface area contributed by atoms with E-state index in [1.165, 1.54) is 0 Å². The number of benzene rings is 1. The van der Waals surface area contributed by atoms with Crippen LogP contribution in [0.5, 0.6) is 5.75 Å². The molecule has 3 amide bonds. The van der Waals surface area contributed by atoms with Gasteiger partial charge in [0, 0.05) is 5.56 Å². The summed E-state index contributed by atoms with van der Waals surface area (Å²) in [4.78, 5) is 39.1. The van der Waals surface area contributed by atoms with Crippen molar-refractivity contribution in [2.24, 2.45) is 23.7 Å². The zero-order valence-electron chi connectivity index (χ0n) is 15.8. The van der Waals surface area contributed by atoms with Gasteiger partial charge >= 0.3 is 0 Å². The zero-order valence-corrected chi connectivity index (χ0v) is 15.8. The molecule has 1 heterocycles. The molecule has 0 radical (unpaired) electrons. The molecule has 1 aliphatic heterocycles. The summed E-state index contributed by atoms with van der Waals surface area (Å²) in [6.45, 7) is 3.62. The molecule has 1 saturated heterocycles. The monoisotopic (exact) mass is 368 g/mol. The lowest BCUT2D eigenvalue weighted by atomic mass is 9.85. The Kier molecular flexibility index (Phi) is 4.29. The first-order valence-corrected chi connectivity index (χ1v) is 9.38. The van der Waals surface area contributed by atoms with Crippen LogP contribution < -0.4 is 10.1 Å². The predicted molar refractivity (Wildman–Crippen MR) is 98.7 cm³/mol. The number of hydrogen-bond acceptors (Lipinski definition) is 4. The molecule has 4 rings (SSSR count). The first kappa shape index (κ1) is 17.8. The van der Waals surface area contributed by atoms with Gasteiger partial charge in [-0.1, -0.05) is 29.8 Å². The van der Waals surface area contributed by atoms with Crippen LogP contribution in [-0.4, -0.2) is 36.3 Å². The van der Waals surface area contributed by atoms with Crippen molar-refractivity contribution in [3.8, 4) is 5.75 Å². The number of ether oxygens (including phenoxy) is 1. The van der Waals surface area contributed by atoms with E-state index in [0.29, 0.717) is 5.75 Å². The maximum absolute atomic E-state index is 12.7. The van der Waals surface area contributed by atoms with Gasteiger partial charge in [-0.3, -0.25) is 19.3 Å². The third-order valence-corrected chi connectivity index (χ3v) is 6.09. The Labute approximate surface area is 158 Å². The van der Waals surface area contributed by atoms with Crippen LogP contribution in [0.1, 0.15) is 30.5 Å². The number of rotatable bonds is 5. The molecule has 6 heteroatoms. The molecule has 1 saturated carbocycles. The van der Waals surface area contributed by atoms with Crippen molar-refractivity contribution in [1.29, 1.82) is 0 Å². The van der Waals surface area contributed by atoms with E-state index in [4.69, 9.17) is 4.74 Å². The number of nitrogens with zero attached hydrogens (tertiary/aromatic N) is 1. The van der Waals surface area contributed by atoms with E-state index >= 15 is 0 Å². The van der Waals surface area contributed by atoms with Crippen molar-refractivity contribution >= 4 is 17.7 Å². The molecule has 2 bridgehead atoms. The topological polar surface area (TPSA) is 75.7 Å². The Bertz CT molecular complexity index is 817. The molecular formula is C21H24N2O4. The van der Waals surface area contributed by atoms with Gasteiger partial charge in [-0.2, -0.15) is 0 Å². The van der Waals surface area contributed by atoms with Crippen LogP contribution in [0.3, 0.4) is 0 Å². The average Bonchev–Trinajstić information content (AvgIpc) is 3.31. The van der Waals surface area contributed by atoms with Crippen LogP contribution in [0.15, 0.2) is 30.4 Å². The largest absolute Gasteiger partial charge is 0.496 e. The summed E-state index contributed by atoms with van der Waals surface area (Å²) < 4.78 is 5.37. The molecule has 1 aromatic rings. The van der Waals surface area contributed by atoms with Crippen molar-refractivity contribution in [3.63, 3.8) is 0 Å². The lowest BCUT2D eigenvalue weighted by Crippen LogP contribution is -2.42. The summed E-state index contributed by atoms with van der Waals surface area (Å²) >= 11 is 0. The average molecular weight is 368 g/mol. The van der Waals surface area contributed by atoms with Gasteiger partial charge in [0.15, 0.2) is 0 Å². The Hall–Kier alpha value is -2.63. The van der Waals surface area contributed by atoms with E-state index in [-0.39, 0.29) is 54.0 Å². The maximum Gasteiger partial charge on any atom is 0.240 e. The summed E-state index contributed by atoms with van der Waals surface area (Å²) in [6.07, 6.45) is 4.98. The molecule has 5 atom stereocenters.